The highest BCUT2D eigenvalue weighted by Crippen LogP contribution is 2.48. The molecule has 1 aromatic rings. The Bertz CT molecular complexity index is 436. The molecule has 0 spiro atoms. The molecule has 2 aliphatic rings. The summed E-state index contributed by atoms with van der Waals surface area (Å²) in [5, 5.41) is 0. The summed E-state index contributed by atoms with van der Waals surface area (Å²) in [6, 6.07) is 10.5. The first-order valence-electron chi connectivity index (χ1n) is 7.82. The Hall–Kier alpha value is -1.11. The largest absolute Gasteiger partial charge is 0.298 e. The number of ketones is 1. The summed E-state index contributed by atoms with van der Waals surface area (Å²) in [6.07, 6.45) is 8.07. The highest BCUT2D eigenvalue weighted by molar-refractivity contribution is 5.93. The van der Waals surface area contributed by atoms with Gasteiger partial charge in [-0.15, -0.1) is 0 Å². The van der Waals surface area contributed by atoms with Crippen LogP contribution in [0.25, 0.3) is 0 Å². The molecule has 2 fully saturated rings. The molecular formula is C18H24O. The topological polar surface area (TPSA) is 17.1 Å². The fraction of sp³-hybridized carbons (Fsp3) is 0.611. The number of hydrogen-bond donors (Lipinski definition) is 0. The van der Waals surface area contributed by atoms with E-state index in [0.717, 1.165) is 31.6 Å². The van der Waals surface area contributed by atoms with Gasteiger partial charge < -0.3 is 0 Å². The zero-order valence-electron chi connectivity index (χ0n) is 11.9. The van der Waals surface area contributed by atoms with E-state index in [4.69, 9.17) is 0 Å². The number of rotatable bonds is 3. The minimum absolute atomic E-state index is 0.119. The lowest BCUT2D eigenvalue weighted by molar-refractivity contribution is -0.133. The third-order valence-corrected chi connectivity index (χ3v) is 5.39. The fourth-order valence-electron chi connectivity index (χ4n) is 3.88. The Balaban J connectivity index is 1.81. The average molecular weight is 256 g/mol. The maximum Gasteiger partial charge on any atom is 0.146 e. The van der Waals surface area contributed by atoms with E-state index in [1.807, 2.05) is 6.07 Å². The molecule has 2 saturated carbocycles. The summed E-state index contributed by atoms with van der Waals surface area (Å²) >= 11 is 0. The Morgan fingerprint density at radius 3 is 2.21 bits per heavy atom. The van der Waals surface area contributed by atoms with Crippen LogP contribution < -0.4 is 0 Å². The molecule has 0 unspecified atom stereocenters. The number of benzene rings is 1. The summed E-state index contributed by atoms with van der Waals surface area (Å²) < 4.78 is 0. The van der Waals surface area contributed by atoms with Crippen LogP contribution >= 0.6 is 0 Å². The normalized spacial score (nSPS) is 29.5. The zero-order chi connectivity index (χ0) is 13.3. The van der Waals surface area contributed by atoms with Gasteiger partial charge in [-0.1, -0.05) is 56.5 Å². The van der Waals surface area contributed by atoms with Crippen LogP contribution in [0.15, 0.2) is 30.3 Å². The van der Waals surface area contributed by atoms with Gasteiger partial charge in [0, 0.05) is 5.92 Å². The summed E-state index contributed by atoms with van der Waals surface area (Å²) in [6.45, 7) is 2.32. The van der Waals surface area contributed by atoms with Gasteiger partial charge in [-0.25, -0.2) is 0 Å². The molecular weight excluding hydrogens is 232 g/mol. The van der Waals surface area contributed by atoms with Gasteiger partial charge in [0.15, 0.2) is 0 Å². The lowest BCUT2D eigenvalue weighted by Crippen LogP contribution is -2.46. The second kappa shape index (κ2) is 5.11. The van der Waals surface area contributed by atoms with Crippen molar-refractivity contribution in [1.29, 1.82) is 0 Å². The van der Waals surface area contributed by atoms with Crippen LogP contribution in [0.1, 0.15) is 57.4 Å². The van der Waals surface area contributed by atoms with Gasteiger partial charge in [-0.05, 0) is 37.2 Å². The molecule has 0 saturated heterocycles. The molecule has 0 radical (unpaired) electrons. The summed E-state index contributed by atoms with van der Waals surface area (Å²) in [5.74, 6) is 1.70. The number of carbonyl (C=O) groups is 1. The third-order valence-electron chi connectivity index (χ3n) is 5.39. The zero-order valence-corrected chi connectivity index (χ0v) is 11.9. The second-order valence-electron chi connectivity index (χ2n) is 6.62. The Labute approximate surface area is 116 Å². The van der Waals surface area contributed by atoms with Crippen molar-refractivity contribution in [2.75, 3.05) is 0 Å². The predicted molar refractivity (Wildman–Crippen MR) is 78.1 cm³/mol. The molecule has 2 aliphatic carbocycles. The lowest BCUT2D eigenvalue weighted by atomic mass is 9.58. The van der Waals surface area contributed by atoms with Gasteiger partial charge in [-0.2, -0.15) is 0 Å². The number of Topliss-reactive ketones (excluding diaryl/α,β-unsaturated/α-hetero) is 1. The molecule has 102 valence electrons. The van der Waals surface area contributed by atoms with E-state index in [-0.39, 0.29) is 5.41 Å². The standard InChI is InChI=1S/C18H24O/c1-14-8-10-15(11-9-14)17(19)18(12-5-13-18)16-6-3-2-4-7-16/h2-4,6-7,14-15H,5,8-13H2,1H3. The van der Waals surface area contributed by atoms with Crippen LogP contribution in [0.5, 0.6) is 0 Å². The Morgan fingerprint density at radius 2 is 1.68 bits per heavy atom. The molecule has 0 atom stereocenters. The highest BCUT2D eigenvalue weighted by Gasteiger charge is 2.47. The van der Waals surface area contributed by atoms with E-state index in [0.29, 0.717) is 11.7 Å². The quantitative estimate of drug-likeness (QED) is 0.778. The van der Waals surface area contributed by atoms with Gasteiger partial charge in [0.25, 0.3) is 0 Å². The van der Waals surface area contributed by atoms with Crippen molar-refractivity contribution in [3.8, 4) is 0 Å². The van der Waals surface area contributed by atoms with Crippen LogP contribution in [0.4, 0.5) is 0 Å². The molecule has 0 aliphatic heterocycles. The highest BCUT2D eigenvalue weighted by atomic mass is 16.1. The molecule has 0 bridgehead atoms. The van der Waals surface area contributed by atoms with Crippen molar-refractivity contribution in [3.05, 3.63) is 35.9 Å². The fourth-order valence-corrected chi connectivity index (χ4v) is 3.88. The van der Waals surface area contributed by atoms with Crippen molar-refractivity contribution >= 4 is 5.78 Å². The number of hydrogen-bond acceptors (Lipinski definition) is 1. The Morgan fingerprint density at radius 1 is 1.05 bits per heavy atom. The molecule has 3 rings (SSSR count). The molecule has 0 amide bonds. The monoisotopic (exact) mass is 256 g/mol. The lowest BCUT2D eigenvalue weighted by Gasteiger charge is -2.44. The molecule has 0 heterocycles. The van der Waals surface area contributed by atoms with E-state index in [9.17, 15) is 4.79 Å². The van der Waals surface area contributed by atoms with Crippen LogP contribution in [-0.2, 0) is 10.2 Å². The van der Waals surface area contributed by atoms with Crippen LogP contribution in [0.2, 0.25) is 0 Å². The summed E-state index contributed by atoms with van der Waals surface area (Å²) in [4.78, 5) is 13.0. The SMILES string of the molecule is CC1CCC(C(=O)C2(c3ccccc3)CCC2)CC1. The second-order valence-corrected chi connectivity index (χ2v) is 6.62. The van der Waals surface area contributed by atoms with E-state index < -0.39 is 0 Å². The minimum atomic E-state index is -0.119. The van der Waals surface area contributed by atoms with Crippen molar-refractivity contribution in [1.82, 2.24) is 0 Å². The van der Waals surface area contributed by atoms with E-state index in [2.05, 4.69) is 31.2 Å². The maximum absolute atomic E-state index is 13.0. The summed E-state index contributed by atoms with van der Waals surface area (Å²) in [7, 11) is 0. The van der Waals surface area contributed by atoms with Crippen molar-refractivity contribution < 1.29 is 4.79 Å². The third kappa shape index (κ3) is 2.24. The molecule has 19 heavy (non-hydrogen) atoms. The molecule has 0 N–H and O–H groups in total. The first kappa shape index (κ1) is 12.9. The smallest absolute Gasteiger partial charge is 0.146 e. The van der Waals surface area contributed by atoms with E-state index >= 15 is 0 Å². The van der Waals surface area contributed by atoms with Crippen LogP contribution in [-0.4, -0.2) is 5.78 Å². The van der Waals surface area contributed by atoms with Crippen molar-refractivity contribution in [3.63, 3.8) is 0 Å². The molecule has 1 aromatic carbocycles. The van der Waals surface area contributed by atoms with E-state index in [1.165, 1.54) is 24.8 Å². The summed E-state index contributed by atoms with van der Waals surface area (Å²) in [5.41, 5.74) is 1.15. The van der Waals surface area contributed by atoms with Crippen molar-refractivity contribution in [2.24, 2.45) is 11.8 Å². The predicted octanol–water partition coefficient (Wildman–Crippen LogP) is 4.50. The van der Waals surface area contributed by atoms with Gasteiger partial charge in [0.1, 0.15) is 5.78 Å². The molecule has 1 nitrogen and oxygen atoms in total. The first-order valence-corrected chi connectivity index (χ1v) is 7.82. The van der Waals surface area contributed by atoms with Crippen LogP contribution in [0, 0.1) is 11.8 Å². The average Bonchev–Trinajstić information content (AvgIpc) is 2.39. The Kier molecular flexibility index (Phi) is 3.47. The molecule has 0 aromatic heterocycles. The van der Waals surface area contributed by atoms with Crippen molar-refractivity contribution in [2.45, 2.75) is 57.3 Å². The van der Waals surface area contributed by atoms with Gasteiger partial charge >= 0.3 is 0 Å². The van der Waals surface area contributed by atoms with Gasteiger partial charge in [-0.3, -0.25) is 4.79 Å². The van der Waals surface area contributed by atoms with Crippen LogP contribution in [0.3, 0.4) is 0 Å². The maximum atomic E-state index is 13.0. The van der Waals surface area contributed by atoms with Gasteiger partial charge in [0.2, 0.25) is 0 Å². The van der Waals surface area contributed by atoms with Gasteiger partial charge in [0.05, 0.1) is 5.41 Å². The molecule has 1 heteroatoms. The minimum Gasteiger partial charge on any atom is -0.298 e. The number of carbonyl (C=O) groups excluding carboxylic acids is 1. The van der Waals surface area contributed by atoms with E-state index in [1.54, 1.807) is 0 Å². The first-order chi connectivity index (χ1) is 9.22.